The monoisotopic (exact) mass is 339 g/mol. The van der Waals surface area contributed by atoms with Crippen molar-refractivity contribution in [1.29, 1.82) is 0 Å². The lowest BCUT2D eigenvalue weighted by molar-refractivity contribution is 0.585. The molecule has 3 nitrogen and oxygen atoms in total. The van der Waals surface area contributed by atoms with Gasteiger partial charge in [0.15, 0.2) is 0 Å². The lowest BCUT2D eigenvalue weighted by atomic mass is 10.0. The Morgan fingerprint density at radius 3 is 2.68 bits per heavy atom. The smallest absolute Gasteiger partial charge is 0.264 e. The Hall–Kier alpha value is -1.59. The van der Waals surface area contributed by atoms with E-state index in [1.165, 1.54) is 10.4 Å². The zero-order valence-corrected chi connectivity index (χ0v) is 13.6. The van der Waals surface area contributed by atoms with Crippen molar-refractivity contribution in [2.75, 3.05) is 10.8 Å². The molecule has 116 valence electrons. The van der Waals surface area contributed by atoms with Crippen LogP contribution in [-0.2, 0) is 16.4 Å². The molecule has 1 heterocycles. The molecule has 0 aromatic heterocycles. The molecule has 0 atom stereocenters. The Morgan fingerprint density at radius 1 is 1.18 bits per heavy atom. The van der Waals surface area contributed by atoms with Crippen LogP contribution < -0.4 is 4.31 Å². The maximum absolute atomic E-state index is 13.3. The minimum absolute atomic E-state index is 0.00678. The molecule has 2 aromatic rings. The molecule has 0 spiro atoms. The third-order valence-electron chi connectivity index (χ3n) is 3.79. The van der Waals surface area contributed by atoms with Gasteiger partial charge in [0.2, 0.25) is 0 Å². The predicted octanol–water partition coefficient (Wildman–Crippen LogP) is 3.93. The number of fused-ring (bicyclic) bond motifs is 1. The lowest BCUT2D eigenvalue weighted by Gasteiger charge is -2.30. The summed E-state index contributed by atoms with van der Waals surface area (Å²) in [7, 11) is -3.75. The molecule has 6 heteroatoms. The first-order chi connectivity index (χ1) is 10.4. The standard InChI is InChI=1S/C16H15ClFNO2S/c1-11-4-7-16-12(9-11)3-2-8-19(16)22(20,21)13-5-6-15(18)14(17)10-13/h4-7,9-10H,2-3,8H2,1H3. The molecule has 22 heavy (non-hydrogen) atoms. The number of halogens is 2. The highest BCUT2D eigenvalue weighted by molar-refractivity contribution is 7.92. The number of hydrogen-bond donors (Lipinski definition) is 0. The van der Waals surface area contributed by atoms with Crippen molar-refractivity contribution in [3.8, 4) is 0 Å². The van der Waals surface area contributed by atoms with Crippen molar-refractivity contribution < 1.29 is 12.8 Å². The highest BCUT2D eigenvalue weighted by atomic mass is 35.5. The Balaban J connectivity index is 2.09. The molecule has 1 aliphatic heterocycles. The molecule has 0 saturated carbocycles. The van der Waals surface area contributed by atoms with Crippen LogP contribution in [0.1, 0.15) is 17.5 Å². The zero-order valence-electron chi connectivity index (χ0n) is 12.0. The number of aryl methyl sites for hydroxylation is 2. The fraction of sp³-hybridized carbons (Fsp3) is 0.250. The topological polar surface area (TPSA) is 37.4 Å². The third kappa shape index (κ3) is 2.59. The van der Waals surface area contributed by atoms with Gasteiger partial charge in [-0.05, 0) is 49.6 Å². The summed E-state index contributed by atoms with van der Waals surface area (Å²) in [4.78, 5) is 0.00678. The molecule has 0 aliphatic carbocycles. The Labute approximate surface area is 134 Å². The first-order valence-corrected chi connectivity index (χ1v) is 8.79. The van der Waals surface area contributed by atoms with E-state index in [2.05, 4.69) is 0 Å². The first-order valence-electron chi connectivity index (χ1n) is 6.97. The van der Waals surface area contributed by atoms with Gasteiger partial charge in [-0.3, -0.25) is 4.31 Å². The van der Waals surface area contributed by atoms with E-state index in [9.17, 15) is 12.8 Å². The fourth-order valence-corrected chi connectivity index (χ4v) is 4.52. The molecule has 2 aromatic carbocycles. The minimum atomic E-state index is -3.75. The van der Waals surface area contributed by atoms with Crippen LogP contribution in [0, 0.1) is 12.7 Å². The van der Waals surface area contributed by atoms with Gasteiger partial charge in [-0.25, -0.2) is 12.8 Å². The van der Waals surface area contributed by atoms with Gasteiger partial charge < -0.3 is 0 Å². The number of sulfonamides is 1. The van der Waals surface area contributed by atoms with Crippen molar-refractivity contribution >= 4 is 27.3 Å². The predicted molar refractivity (Wildman–Crippen MR) is 85.4 cm³/mol. The van der Waals surface area contributed by atoms with E-state index in [1.807, 2.05) is 25.1 Å². The molecule has 3 rings (SSSR count). The maximum Gasteiger partial charge on any atom is 0.264 e. The van der Waals surface area contributed by atoms with Crippen LogP contribution in [-0.4, -0.2) is 15.0 Å². The largest absolute Gasteiger partial charge is 0.266 e. The van der Waals surface area contributed by atoms with E-state index in [0.29, 0.717) is 12.2 Å². The average molecular weight is 340 g/mol. The summed E-state index contributed by atoms with van der Waals surface area (Å²) in [6.45, 7) is 2.39. The molecule has 0 fully saturated rings. The average Bonchev–Trinajstić information content (AvgIpc) is 2.49. The van der Waals surface area contributed by atoms with Crippen LogP contribution >= 0.6 is 11.6 Å². The Bertz CT molecular complexity index is 836. The summed E-state index contributed by atoms with van der Waals surface area (Å²) in [5.74, 6) is -0.629. The van der Waals surface area contributed by atoms with Crippen LogP contribution in [0.2, 0.25) is 5.02 Å². The number of rotatable bonds is 2. The maximum atomic E-state index is 13.3. The summed E-state index contributed by atoms with van der Waals surface area (Å²) < 4.78 is 40.3. The quantitative estimate of drug-likeness (QED) is 0.831. The number of hydrogen-bond acceptors (Lipinski definition) is 2. The fourth-order valence-electron chi connectivity index (χ4n) is 2.71. The summed E-state index contributed by atoms with van der Waals surface area (Å²) in [6.07, 6.45) is 1.61. The molecule has 0 N–H and O–H groups in total. The van der Waals surface area contributed by atoms with E-state index in [0.717, 1.165) is 36.1 Å². The van der Waals surface area contributed by atoms with Crippen molar-refractivity contribution in [1.82, 2.24) is 0 Å². The minimum Gasteiger partial charge on any atom is -0.266 e. The lowest BCUT2D eigenvalue weighted by Crippen LogP contribution is -2.35. The second-order valence-corrected chi connectivity index (χ2v) is 7.66. The van der Waals surface area contributed by atoms with Crippen LogP contribution in [0.25, 0.3) is 0 Å². The van der Waals surface area contributed by atoms with Gasteiger partial charge >= 0.3 is 0 Å². The van der Waals surface area contributed by atoms with Gasteiger partial charge in [0, 0.05) is 6.54 Å². The highest BCUT2D eigenvalue weighted by Gasteiger charge is 2.29. The molecular weight excluding hydrogens is 325 g/mol. The van der Waals surface area contributed by atoms with Gasteiger partial charge in [0.25, 0.3) is 10.0 Å². The molecule has 0 radical (unpaired) electrons. The van der Waals surface area contributed by atoms with Gasteiger partial charge in [0.1, 0.15) is 5.82 Å². The van der Waals surface area contributed by atoms with Gasteiger partial charge in [-0.2, -0.15) is 0 Å². The summed E-state index contributed by atoms with van der Waals surface area (Å²) in [6, 6.07) is 9.22. The molecular formula is C16H15ClFNO2S. The molecule has 1 aliphatic rings. The zero-order chi connectivity index (χ0) is 15.9. The van der Waals surface area contributed by atoms with Gasteiger partial charge in [-0.1, -0.05) is 29.3 Å². The van der Waals surface area contributed by atoms with Crippen molar-refractivity contribution in [3.63, 3.8) is 0 Å². The molecule has 0 unspecified atom stereocenters. The van der Waals surface area contributed by atoms with E-state index in [-0.39, 0.29) is 9.92 Å². The van der Waals surface area contributed by atoms with Crippen LogP contribution in [0.15, 0.2) is 41.3 Å². The van der Waals surface area contributed by atoms with Crippen molar-refractivity contribution in [2.45, 2.75) is 24.7 Å². The van der Waals surface area contributed by atoms with Gasteiger partial charge in [0.05, 0.1) is 15.6 Å². The molecule has 0 saturated heterocycles. The highest BCUT2D eigenvalue weighted by Crippen LogP contribution is 2.33. The van der Waals surface area contributed by atoms with Crippen LogP contribution in [0.3, 0.4) is 0 Å². The number of anilines is 1. The molecule has 0 amide bonds. The second-order valence-electron chi connectivity index (χ2n) is 5.39. The molecule has 0 bridgehead atoms. The van der Waals surface area contributed by atoms with E-state index < -0.39 is 15.8 Å². The summed E-state index contributed by atoms with van der Waals surface area (Å²) in [5.41, 5.74) is 2.81. The van der Waals surface area contributed by atoms with E-state index in [1.54, 1.807) is 0 Å². The summed E-state index contributed by atoms with van der Waals surface area (Å²) in [5, 5.41) is -0.192. The van der Waals surface area contributed by atoms with Crippen LogP contribution in [0.4, 0.5) is 10.1 Å². The number of benzene rings is 2. The SMILES string of the molecule is Cc1ccc2c(c1)CCCN2S(=O)(=O)c1ccc(F)c(Cl)c1. The van der Waals surface area contributed by atoms with Crippen molar-refractivity contribution in [2.24, 2.45) is 0 Å². The Morgan fingerprint density at radius 2 is 1.95 bits per heavy atom. The second kappa shape index (κ2) is 5.56. The van der Waals surface area contributed by atoms with Crippen molar-refractivity contribution in [3.05, 3.63) is 58.4 Å². The normalized spacial score (nSPS) is 14.8. The third-order valence-corrected chi connectivity index (χ3v) is 5.89. The summed E-state index contributed by atoms with van der Waals surface area (Å²) >= 11 is 5.72. The van der Waals surface area contributed by atoms with E-state index >= 15 is 0 Å². The Kier molecular flexibility index (Phi) is 3.87. The van der Waals surface area contributed by atoms with E-state index in [4.69, 9.17) is 11.6 Å². The first kappa shape index (κ1) is 15.3. The number of nitrogens with zero attached hydrogens (tertiary/aromatic N) is 1. The van der Waals surface area contributed by atoms with Gasteiger partial charge in [-0.15, -0.1) is 0 Å². The van der Waals surface area contributed by atoms with Crippen LogP contribution in [0.5, 0.6) is 0 Å².